The molecule has 0 aliphatic carbocycles. The summed E-state index contributed by atoms with van der Waals surface area (Å²) in [6.45, 7) is 0. The second-order valence-electron chi connectivity index (χ2n) is 4.58. The smallest absolute Gasteiger partial charge is 0.356 e. The molecule has 0 spiro atoms. The molecule has 4 nitrogen and oxygen atoms in total. The molecule has 0 radical (unpaired) electrons. The molecule has 22 heavy (non-hydrogen) atoms. The minimum Gasteiger partial charge on any atom is -0.476 e. The minimum atomic E-state index is -1.10. The molecule has 2 aromatic carbocycles. The number of benzene rings is 2. The van der Waals surface area contributed by atoms with Crippen molar-refractivity contribution < 1.29 is 9.90 Å². The Kier molecular flexibility index (Phi) is 3.88. The summed E-state index contributed by atoms with van der Waals surface area (Å²) >= 11 is 12.1. The zero-order valence-electron chi connectivity index (χ0n) is 11.2. The number of imidazole rings is 1. The predicted molar refractivity (Wildman–Crippen MR) is 86.0 cm³/mol. The number of hydrogen-bond donors (Lipinski definition) is 1. The van der Waals surface area contributed by atoms with Gasteiger partial charge < -0.3 is 5.11 Å². The molecule has 110 valence electrons. The Morgan fingerprint density at radius 1 is 1.05 bits per heavy atom. The Labute approximate surface area is 136 Å². The van der Waals surface area contributed by atoms with E-state index in [4.69, 9.17) is 23.2 Å². The van der Waals surface area contributed by atoms with Gasteiger partial charge in [-0.2, -0.15) is 0 Å². The number of nitrogens with zero attached hydrogens (tertiary/aromatic N) is 2. The van der Waals surface area contributed by atoms with Crippen molar-refractivity contribution in [2.24, 2.45) is 0 Å². The largest absolute Gasteiger partial charge is 0.476 e. The van der Waals surface area contributed by atoms with Crippen LogP contribution in [0.1, 0.15) is 10.5 Å². The predicted octanol–water partition coefficient (Wildman–Crippen LogP) is 4.54. The molecule has 0 aliphatic heterocycles. The normalized spacial score (nSPS) is 10.6. The summed E-state index contributed by atoms with van der Waals surface area (Å²) in [6.07, 6.45) is 1.46. The Hall–Kier alpha value is -2.30. The number of hydrogen-bond acceptors (Lipinski definition) is 2. The fraction of sp³-hybridized carbons (Fsp3) is 0. The van der Waals surface area contributed by atoms with E-state index in [1.165, 1.54) is 6.20 Å². The topological polar surface area (TPSA) is 55.1 Å². The first-order valence-corrected chi connectivity index (χ1v) is 7.15. The summed E-state index contributed by atoms with van der Waals surface area (Å²) in [5.41, 5.74) is 1.36. The highest BCUT2D eigenvalue weighted by atomic mass is 35.5. The van der Waals surface area contributed by atoms with Gasteiger partial charge in [0.05, 0.1) is 5.02 Å². The van der Waals surface area contributed by atoms with Crippen molar-refractivity contribution in [3.63, 3.8) is 0 Å². The molecule has 1 aromatic heterocycles. The average Bonchev–Trinajstić information content (AvgIpc) is 2.94. The molecular weight excluding hydrogens is 323 g/mol. The summed E-state index contributed by atoms with van der Waals surface area (Å²) in [4.78, 5) is 15.4. The van der Waals surface area contributed by atoms with Crippen LogP contribution in [-0.2, 0) is 0 Å². The van der Waals surface area contributed by atoms with E-state index >= 15 is 0 Å². The summed E-state index contributed by atoms with van der Waals surface area (Å²) in [7, 11) is 0. The van der Waals surface area contributed by atoms with E-state index in [9.17, 15) is 9.90 Å². The highest BCUT2D eigenvalue weighted by molar-refractivity contribution is 6.33. The van der Waals surface area contributed by atoms with E-state index in [0.29, 0.717) is 21.4 Å². The molecular formula is C16H10Cl2N2O2. The molecule has 3 rings (SSSR count). The number of halogens is 2. The number of aromatic carboxylic acids is 1. The minimum absolute atomic E-state index is 0.0510. The monoisotopic (exact) mass is 332 g/mol. The lowest BCUT2D eigenvalue weighted by atomic mass is 10.2. The van der Waals surface area contributed by atoms with Crippen molar-refractivity contribution in [2.75, 3.05) is 0 Å². The molecule has 6 heteroatoms. The van der Waals surface area contributed by atoms with E-state index in [2.05, 4.69) is 4.98 Å². The van der Waals surface area contributed by atoms with Crippen LogP contribution in [0.2, 0.25) is 10.0 Å². The van der Waals surface area contributed by atoms with Gasteiger partial charge in [-0.25, -0.2) is 9.78 Å². The summed E-state index contributed by atoms with van der Waals surface area (Å²) < 4.78 is 1.68. The van der Waals surface area contributed by atoms with Crippen molar-refractivity contribution >= 4 is 29.2 Å². The quantitative estimate of drug-likeness (QED) is 0.765. The van der Waals surface area contributed by atoms with Crippen molar-refractivity contribution in [2.45, 2.75) is 0 Å². The molecule has 0 saturated carbocycles. The zero-order valence-corrected chi connectivity index (χ0v) is 12.7. The highest BCUT2D eigenvalue weighted by Crippen LogP contribution is 2.29. The maximum absolute atomic E-state index is 11.2. The maximum atomic E-state index is 11.2. The lowest BCUT2D eigenvalue weighted by Crippen LogP contribution is -1.96. The van der Waals surface area contributed by atoms with Gasteiger partial charge in [-0.3, -0.25) is 4.57 Å². The van der Waals surface area contributed by atoms with Crippen LogP contribution in [0.25, 0.3) is 17.1 Å². The van der Waals surface area contributed by atoms with Crippen LogP contribution in [0.3, 0.4) is 0 Å². The van der Waals surface area contributed by atoms with Crippen LogP contribution in [-0.4, -0.2) is 20.6 Å². The highest BCUT2D eigenvalue weighted by Gasteiger charge is 2.17. The second kappa shape index (κ2) is 5.83. The molecule has 1 heterocycles. The Balaban J connectivity index is 2.23. The van der Waals surface area contributed by atoms with E-state index in [1.54, 1.807) is 47.0 Å². The number of rotatable bonds is 3. The Morgan fingerprint density at radius 3 is 2.36 bits per heavy atom. The molecule has 0 amide bonds. The van der Waals surface area contributed by atoms with Crippen molar-refractivity contribution in [3.05, 3.63) is 70.5 Å². The van der Waals surface area contributed by atoms with Crippen molar-refractivity contribution in [3.8, 4) is 17.1 Å². The fourth-order valence-corrected chi connectivity index (χ4v) is 2.46. The van der Waals surface area contributed by atoms with E-state index < -0.39 is 5.97 Å². The van der Waals surface area contributed by atoms with Gasteiger partial charge in [-0.15, -0.1) is 0 Å². The molecule has 0 saturated heterocycles. The van der Waals surface area contributed by atoms with Gasteiger partial charge in [-0.05, 0) is 36.4 Å². The molecule has 0 unspecified atom stereocenters. The number of carboxylic acid groups (broad SMARTS) is 1. The third-order valence-electron chi connectivity index (χ3n) is 3.14. The standard InChI is InChI=1S/C16H10Cl2N2O2/c17-10-5-7-11(8-6-10)20-9-14(16(21)22)19-15(20)12-3-1-2-4-13(12)18/h1-9H,(H,21,22). The third-order valence-corrected chi connectivity index (χ3v) is 3.73. The van der Waals surface area contributed by atoms with Crippen LogP contribution in [0.15, 0.2) is 54.7 Å². The van der Waals surface area contributed by atoms with E-state index in [-0.39, 0.29) is 5.69 Å². The molecule has 0 aliphatic rings. The van der Waals surface area contributed by atoms with Gasteiger partial charge >= 0.3 is 5.97 Å². The molecule has 0 atom stereocenters. The first-order chi connectivity index (χ1) is 10.6. The number of carbonyl (C=O) groups is 1. The van der Waals surface area contributed by atoms with Crippen LogP contribution in [0.5, 0.6) is 0 Å². The lowest BCUT2D eigenvalue weighted by Gasteiger charge is -2.09. The number of carboxylic acids is 1. The van der Waals surface area contributed by atoms with Gasteiger partial charge in [0.25, 0.3) is 0 Å². The van der Waals surface area contributed by atoms with Crippen molar-refractivity contribution in [1.29, 1.82) is 0 Å². The van der Waals surface area contributed by atoms with Gasteiger partial charge in [0.2, 0.25) is 0 Å². The fourth-order valence-electron chi connectivity index (χ4n) is 2.11. The molecule has 0 bridgehead atoms. The third kappa shape index (κ3) is 2.71. The van der Waals surface area contributed by atoms with Gasteiger partial charge in [-0.1, -0.05) is 35.3 Å². The van der Waals surface area contributed by atoms with Crippen LogP contribution in [0.4, 0.5) is 0 Å². The van der Waals surface area contributed by atoms with Gasteiger partial charge in [0.15, 0.2) is 5.69 Å². The van der Waals surface area contributed by atoms with E-state index in [1.807, 2.05) is 6.07 Å². The van der Waals surface area contributed by atoms with Gasteiger partial charge in [0.1, 0.15) is 5.82 Å². The molecule has 0 fully saturated rings. The van der Waals surface area contributed by atoms with Crippen LogP contribution < -0.4 is 0 Å². The Bertz CT molecular complexity index is 842. The first kappa shape index (κ1) is 14.6. The maximum Gasteiger partial charge on any atom is 0.356 e. The van der Waals surface area contributed by atoms with Crippen LogP contribution in [0, 0.1) is 0 Å². The summed E-state index contributed by atoms with van der Waals surface area (Å²) in [6, 6.07) is 14.2. The van der Waals surface area contributed by atoms with E-state index in [0.717, 1.165) is 5.69 Å². The lowest BCUT2D eigenvalue weighted by molar-refractivity contribution is 0.0691. The zero-order chi connectivity index (χ0) is 15.7. The van der Waals surface area contributed by atoms with Gasteiger partial charge in [0, 0.05) is 22.5 Å². The molecule has 3 aromatic rings. The SMILES string of the molecule is O=C(O)c1cn(-c2ccc(Cl)cc2)c(-c2ccccc2Cl)n1. The second-order valence-corrected chi connectivity index (χ2v) is 5.42. The van der Waals surface area contributed by atoms with Crippen molar-refractivity contribution in [1.82, 2.24) is 9.55 Å². The first-order valence-electron chi connectivity index (χ1n) is 6.40. The molecule has 1 N–H and O–H groups in total. The average molecular weight is 333 g/mol. The van der Waals surface area contributed by atoms with Crippen LogP contribution >= 0.6 is 23.2 Å². The number of aromatic nitrogens is 2. The summed E-state index contributed by atoms with van der Waals surface area (Å²) in [5, 5.41) is 10.3. The Morgan fingerprint density at radius 2 is 1.73 bits per heavy atom. The summed E-state index contributed by atoms with van der Waals surface area (Å²) in [5.74, 6) is -0.633.